The van der Waals surface area contributed by atoms with Crippen LogP contribution in [0, 0.1) is 0 Å². The van der Waals surface area contributed by atoms with Gasteiger partial charge in [0.1, 0.15) is 5.01 Å². The van der Waals surface area contributed by atoms with Gasteiger partial charge in [-0.2, -0.15) is 0 Å². The Hall–Kier alpha value is -0.720. The van der Waals surface area contributed by atoms with Crippen LogP contribution >= 0.6 is 11.3 Å². The third-order valence-electron chi connectivity index (χ3n) is 3.07. The topological polar surface area (TPSA) is 44.3 Å². The van der Waals surface area contributed by atoms with E-state index in [1.54, 1.807) is 11.3 Å². The van der Waals surface area contributed by atoms with Gasteiger partial charge in [0.05, 0.1) is 6.54 Å². The first-order chi connectivity index (χ1) is 8.31. The first-order valence-electron chi connectivity index (χ1n) is 6.32. The van der Waals surface area contributed by atoms with Crippen molar-refractivity contribution in [1.82, 2.24) is 20.0 Å². The van der Waals surface area contributed by atoms with Crippen molar-refractivity contribution in [3.05, 3.63) is 5.01 Å². The second-order valence-electron chi connectivity index (χ2n) is 4.24. The van der Waals surface area contributed by atoms with Gasteiger partial charge in [-0.3, -0.25) is 4.90 Å². The Morgan fingerprint density at radius 2 is 1.82 bits per heavy atom. The molecule has 2 rings (SSSR count). The Labute approximate surface area is 107 Å². The van der Waals surface area contributed by atoms with Crippen molar-refractivity contribution < 1.29 is 0 Å². The molecular weight excluding hydrogens is 234 g/mol. The minimum absolute atomic E-state index is 0.907. The van der Waals surface area contributed by atoms with Crippen molar-refractivity contribution in [1.29, 1.82) is 0 Å². The summed E-state index contributed by atoms with van der Waals surface area (Å²) >= 11 is 1.67. The molecule has 1 N–H and O–H groups in total. The largest absolute Gasteiger partial charge is 0.360 e. The van der Waals surface area contributed by atoms with Gasteiger partial charge in [-0.05, 0) is 13.5 Å². The average molecular weight is 255 g/mol. The Balaban J connectivity index is 1.80. The van der Waals surface area contributed by atoms with Gasteiger partial charge in [-0.15, -0.1) is 10.2 Å². The molecule has 1 aliphatic heterocycles. The maximum atomic E-state index is 4.22. The second kappa shape index (κ2) is 6.28. The molecule has 1 aromatic heterocycles. The minimum atomic E-state index is 0.907. The van der Waals surface area contributed by atoms with Gasteiger partial charge in [0.15, 0.2) is 0 Å². The van der Waals surface area contributed by atoms with Gasteiger partial charge in [0, 0.05) is 32.7 Å². The zero-order chi connectivity index (χ0) is 12.1. The number of hydrogen-bond acceptors (Lipinski definition) is 6. The average Bonchev–Trinajstić information content (AvgIpc) is 2.78. The van der Waals surface area contributed by atoms with E-state index in [-0.39, 0.29) is 0 Å². The fraction of sp³-hybridized carbons (Fsp3) is 0.818. The molecule has 0 amide bonds. The number of rotatable bonds is 5. The molecule has 0 aliphatic carbocycles. The quantitative estimate of drug-likeness (QED) is 0.854. The summed E-state index contributed by atoms with van der Waals surface area (Å²) in [7, 11) is 0. The van der Waals surface area contributed by atoms with E-state index >= 15 is 0 Å². The first-order valence-corrected chi connectivity index (χ1v) is 7.14. The van der Waals surface area contributed by atoms with Crippen molar-refractivity contribution in [2.45, 2.75) is 20.4 Å². The van der Waals surface area contributed by atoms with Crippen molar-refractivity contribution >= 4 is 16.5 Å². The third-order valence-corrected chi connectivity index (χ3v) is 3.93. The van der Waals surface area contributed by atoms with Gasteiger partial charge in [-0.1, -0.05) is 18.3 Å². The van der Waals surface area contributed by atoms with Crippen molar-refractivity contribution in [3.63, 3.8) is 0 Å². The summed E-state index contributed by atoms with van der Waals surface area (Å²) in [6.45, 7) is 12.0. The molecule has 6 heteroatoms. The van der Waals surface area contributed by atoms with Crippen LogP contribution in [-0.2, 0) is 6.54 Å². The zero-order valence-corrected chi connectivity index (χ0v) is 11.5. The highest BCUT2D eigenvalue weighted by atomic mass is 32.1. The van der Waals surface area contributed by atoms with E-state index < -0.39 is 0 Å². The van der Waals surface area contributed by atoms with Crippen LogP contribution in [0.15, 0.2) is 0 Å². The third kappa shape index (κ3) is 3.62. The molecule has 0 bridgehead atoms. The van der Waals surface area contributed by atoms with Crippen LogP contribution in [-0.4, -0.2) is 59.3 Å². The van der Waals surface area contributed by atoms with Gasteiger partial charge in [0.25, 0.3) is 0 Å². The zero-order valence-electron chi connectivity index (χ0n) is 10.6. The smallest absolute Gasteiger partial charge is 0.205 e. The fourth-order valence-corrected chi connectivity index (χ4v) is 2.85. The van der Waals surface area contributed by atoms with Crippen LogP contribution < -0.4 is 5.32 Å². The highest BCUT2D eigenvalue weighted by Gasteiger charge is 2.16. The fourth-order valence-electron chi connectivity index (χ4n) is 2.00. The van der Waals surface area contributed by atoms with Gasteiger partial charge in [-0.25, -0.2) is 0 Å². The Morgan fingerprint density at radius 3 is 2.47 bits per heavy atom. The monoisotopic (exact) mass is 255 g/mol. The molecule has 1 saturated heterocycles. The molecule has 0 aromatic carbocycles. The number of anilines is 1. The number of hydrogen-bond donors (Lipinski definition) is 1. The summed E-state index contributed by atoms with van der Waals surface area (Å²) in [5.74, 6) is 0. The Morgan fingerprint density at radius 1 is 1.12 bits per heavy atom. The molecule has 0 atom stereocenters. The van der Waals surface area contributed by atoms with Gasteiger partial charge >= 0.3 is 0 Å². The molecule has 0 unspecified atom stereocenters. The van der Waals surface area contributed by atoms with Crippen LogP contribution in [0.4, 0.5) is 5.13 Å². The number of nitrogens with zero attached hydrogens (tertiary/aromatic N) is 4. The van der Waals surface area contributed by atoms with Gasteiger partial charge < -0.3 is 10.2 Å². The Kier molecular flexibility index (Phi) is 4.70. The lowest BCUT2D eigenvalue weighted by atomic mass is 10.3. The van der Waals surface area contributed by atoms with E-state index in [0.29, 0.717) is 0 Å². The summed E-state index contributed by atoms with van der Waals surface area (Å²) in [6.07, 6.45) is 0. The molecular formula is C11H21N5S. The standard InChI is InChI=1S/C11H21N5S/c1-3-12-11-14-13-10(17-11)9-16-7-5-15(4-2)6-8-16/h3-9H2,1-2H3,(H,12,14). The lowest BCUT2D eigenvalue weighted by molar-refractivity contribution is 0.131. The molecule has 96 valence electrons. The molecule has 5 nitrogen and oxygen atoms in total. The van der Waals surface area contributed by atoms with E-state index in [1.807, 2.05) is 0 Å². The predicted octanol–water partition coefficient (Wildman–Crippen LogP) is 1.11. The normalized spacial score (nSPS) is 18.5. The van der Waals surface area contributed by atoms with Gasteiger partial charge in [0.2, 0.25) is 5.13 Å². The highest BCUT2D eigenvalue weighted by molar-refractivity contribution is 7.15. The molecule has 17 heavy (non-hydrogen) atoms. The lowest BCUT2D eigenvalue weighted by Crippen LogP contribution is -2.45. The molecule has 0 spiro atoms. The maximum absolute atomic E-state index is 4.22. The summed E-state index contributed by atoms with van der Waals surface area (Å²) in [5.41, 5.74) is 0. The van der Waals surface area contributed by atoms with Crippen molar-refractivity contribution in [2.75, 3.05) is 44.6 Å². The van der Waals surface area contributed by atoms with Crippen LogP contribution in [0.3, 0.4) is 0 Å². The molecule has 1 aromatic rings. The first kappa shape index (κ1) is 12.7. The summed E-state index contributed by atoms with van der Waals surface area (Å²) in [5, 5.41) is 13.6. The van der Waals surface area contributed by atoms with Crippen molar-refractivity contribution in [2.24, 2.45) is 0 Å². The van der Waals surface area contributed by atoms with Crippen LogP contribution in [0.1, 0.15) is 18.9 Å². The van der Waals surface area contributed by atoms with Crippen LogP contribution in [0.5, 0.6) is 0 Å². The summed E-state index contributed by atoms with van der Waals surface area (Å²) in [6, 6.07) is 0. The Bertz CT molecular complexity index is 332. The van der Waals surface area contributed by atoms with E-state index in [0.717, 1.165) is 42.9 Å². The summed E-state index contributed by atoms with van der Waals surface area (Å²) < 4.78 is 0. The number of nitrogens with one attached hydrogen (secondary N) is 1. The lowest BCUT2D eigenvalue weighted by Gasteiger charge is -2.33. The number of aromatic nitrogens is 2. The minimum Gasteiger partial charge on any atom is -0.360 e. The molecule has 0 radical (unpaired) electrons. The van der Waals surface area contributed by atoms with E-state index in [4.69, 9.17) is 0 Å². The summed E-state index contributed by atoms with van der Waals surface area (Å²) in [4.78, 5) is 4.95. The van der Waals surface area contributed by atoms with E-state index in [2.05, 4.69) is 39.2 Å². The van der Waals surface area contributed by atoms with Crippen LogP contribution in [0.25, 0.3) is 0 Å². The highest BCUT2D eigenvalue weighted by Crippen LogP contribution is 2.17. The van der Waals surface area contributed by atoms with E-state index in [1.165, 1.54) is 13.1 Å². The maximum Gasteiger partial charge on any atom is 0.205 e. The molecule has 2 heterocycles. The van der Waals surface area contributed by atoms with E-state index in [9.17, 15) is 0 Å². The second-order valence-corrected chi connectivity index (χ2v) is 5.30. The molecule has 1 fully saturated rings. The van der Waals surface area contributed by atoms with Crippen molar-refractivity contribution in [3.8, 4) is 0 Å². The predicted molar refractivity (Wildman–Crippen MR) is 71.5 cm³/mol. The molecule has 1 aliphatic rings. The number of piperazine rings is 1. The van der Waals surface area contributed by atoms with Crippen LogP contribution in [0.2, 0.25) is 0 Å². The number of likely N-dealkylation sites (N-methyl/N-ethyl adjacent to an activating group) is 1. The molecule has 0 saturated carbocycles. The SMILES string of the molecule is CCNc1nnc(CN2CCN(CC)CC2)s1.